The quantitative estimate of drug-likeness (QED) is 0.474. The van der Waals surface area contributed by atoms with Crippen LogP contribution < -0.4 is 4.74 Å². The zero-order valence-electron chi connectivity index (χ0n) is 19.6. The van der Waals surface area contributed by atoms with Crippen LogP contribution in [0.2, 0.25) is 5.02 Å². The molecule has 2 aliphatic rings. The van der Waals surface area contributed by atoms with Crippen LogP contribution in [0, 0.1) is 5.92 Å². The minimum atomic E-state index is -3.83. The van der Waals surface area contributed by atoms with Crippen LogP contribution in [0.3, 0.4) is 0 Å². The average Bonchev–Trinajstić information content (AvgIpc) is 3.32. The first kappa shape index (κ1) is 25.0. The monoisotopic (exact) mass is 506 g/mol. The van der Waals surface area contributed by atoms with E-state index < -0.39 is 16.0 Å². The topological polar surface area (TPSA) is 76.2 Å². The van der Waals surface area contributed by atoms with Gasteiger partial charge >= 0.3 is 5.97 Å². The Kier molecular flexibility index (Phi) is 7.82. The van der Waals surface area contributed by atoms with Gasteiger partial charge in [-0.2, -0.15) is 0 Å². The van der Waals surface area contributed by atoms with E-state index in [1.54, 1.807) is 12.1 Å². The molecule has 1 saturated heterocycles. The summed E-state index contributed by atoms with van der Waals surface area (Å²) in [5.41, 5.74) is 1.11. The molecule has 2 aromatic carbocycles. The molecular weight excluding hydrogens is 476 g/mol. The molecule has 0 spiro atoms. The van der Waals surface area contributed by atoms with Crippen molar-refractivity contribution in [3.63, 3.8) is 0 Å². The number of hydrogen-bond donors (Lipinski definition) is 0. The lowest BCUT2D eigenvalue weighted by atomic mass is 9.82. The van der Waals surface area contributed by atoms with Gasteiger partial charge in [0, 0.05) is 20.1 Å². The lowest BCUT2D eigenvalue weighted by Gasteiger charge is -2.37. The van der Waals surface area contributed by atoms with Crippen molar-refractivity contribution in [2.75, 3.05) is 33.8 Å². The maximum Gasteiger partial charge on any atom is 0.339 e. The number of nitrogens with zero attached hydrogens (tertiary/aromatic N) is 2. The third-order valence-electron chi connectivity index (χ3n) is 6.62. The Labute approximate surface area is 206 Å². The molecule has 1 heterocycles. The number of rotatable bonds is 9. The van der Waals surface area contributed by atoms with Crippen LogP contribution >= 0.6 is 11.6 Å². The number of sulfonamides is 1. The lowest BCUT2D eigenvalue weighted by molar-refractivity contribution is 0.0575. The van der Waals surface area contributed by atoms with E-state index in [1.807, 2.05) is 18.2 Å². The molecule has 4 rings (SSSR count). The fourth-order valence-corrected chi connectivity index (χ4v) is 6.30. The third kappa shape index (κ3) is 5.40. The highest BCUT2D eigenvalue weighted by Crippen LogP contribution is 2.37. The maximum absolute atomic E-state index is 13.1. The molecule has 1 aliphatic carbocycles. The summed E-state index contributed by atoms with van der Waals surface area (Å²) in [6.07, 6.45) is 3.95. The lowest BCUT2D eigenvalue weighted by Crippen LogP contribution is -2.42. The summed E-state index contributed by atoms with van der Waals surface area (Å²) in [4.78, 5) is 14.4. The molecule has 0 N–H and O–H groups in total. The Balaban J connectivity index is 1.34. The van der Waals surface area contributed by atoms with Gasteiger partial charge < -0.3 is 9.47 Å². The van der Waals surface area contributed by atoms with Gasteiger partial charge in [-0.1, -0.05) is 35.9 Å². The van der Waals surface area contributed by atoms with Crippen molar-refractivity contribution in [2.45, 2.75) is 43.2 Å². The van der Waals surface area contributed by atoms with E-state index in [0.29, 0.717) is 17.3 Å². The largest absolute Gasteiger partial charge is 0.489 e. The van der Waals surface area contributed by atoms with Crippen LogP contribution in [0.4, 0.5) is 0 Å². The molecule has 0 aromatic heterocycles. The van der Waals surface area contributed by atoms with Crippen LogP contribution in [0.5, 0.6) is 5.75 Å². The Morgan fingerprint density at radius 3 is 2.53 bits per heavy atom. The van der Waals surface area contributed by atoms with E-state index in [2.05, 4.69) is 4.90 Å². The van der Waals surface area contributed by atoms with Gasteiger partial charge in [0.2, 0.25) is 10.0 Å². The van der Waals surface area contributed by atoms with E-state index in [4.69, 9.17) is 21.1 Å². The maximum atomic E-state index is 13.1. The zero-order chi connectivity index (χ0) is 24.3. The minimum absolute atomic E-state index is 0.00277. The number of benzene rings is 2. The van der Waals surface area contributed by atoms with Crippen LogP contribution in [0.25, 0.3) is 0 Å². The van der Waals surface area contributed by atoms with Gasteiger partial charge in [0.1, 0.15) is 5.75 Å². The van der Waals surface area contributed by atoms with Crippen molar-refractivity contribution in [3.8, 4) is 5.75 Å². The number of ether oxygens (including phenoxy) is 2. The predicted octanol–water partition coefficient (Wildman–Crippen LogP) is 4.20. The van der Waals surface area contributed by atoms with Crippen molar-refractivity contribution in [3.05, 3.63) is 58.6 Å². The van der Waals surface area contributed by atoms with Gasteiger partial charge in [-0.15, -0.1) is 0 Å². The number of likely N-dealkylation sites (tertiary alicyclic amines) is 1. The van der Waals surface area contributed by atoms with Crippen molar-refractivity contribution in [2.24, 2.45) is 5.92 Å². The number of hydrogen-bond acceptors (Lipinski definition) is 6. The molecule has 7 nitrogen and oxygen atoms in total. The molecular formula is C25H31ClN2O5S. The summed E-state index contributed by atoms with van der Waals surface area (Å²) in [6, 6.07) is 12.0. The SMILES string of the molecule is COC(=O)c1ccccc1S(=O)(=O)N(C)CC1CC(Oc2cccc(CN3CCCC3)c2Cl)C1. The van der Waals surface area contributed by atoms with Gasteiger partial charge in [0.25, 0.3) is 0 Å². The first-order valence-corrected chi connectivity index (χ1v) is 13.4. The Morgan fingerprint density at radius 2 is 1.82 bits per heavy atom. The molecule has 0 unspecified atom stereocenters. The van der Waals surface area contributed by atoms with Gasteiger partial charge in [-0.05, 0) is 68.5 Å². The first-order chi connectivity index (χ1) is 16.3. The van der Waals surface area contributed by atoms with Gasteiger partial charge in [0.15, 0.2) is 0 Å². The molecule has 0 amide bonds. The van der Waals surface area contributed by atoms with Crippen molar-refractivity contribution in [1.82, 2.24) is 9.21 Å². The summed E-state index contributed by atoms with van der Waals surface area (Å²) in [7, 11) is -1.06. The number of carbonyl (C=O) groups excluding carboxylic acids is 1. The van der Waals surface area contributed by atoms with Crippen LogP contribution in [-0.2, 0) is 21.3 Å². The molecule has 1 aliphatic heterocycles. The van der Waals surface area contributed by atoms with Gasteiger partial charge in [-0.25, -0.2) is 17.5 Å². The number of carbonyl (C=O) groups is 1. The molecule has 9 heteroatoms. The van der Waals surface area contributed by atoms with Crippen LogP contribution in [0.15, 0.2) is 47.4 Å². The highest BCUT2D eigenvalue weighted by Gasteiger charge is 2.35. The van der Waals surface area contributed by atoms with E-state index in [1.165, 1.54) is 43.4 Å². The molecule has 0 radical (unpaired) electrons. The predicted molar refractivity (Wildman–Crippen MR) is 131 cm³/mol. The smallest absolute Gasteiger partial charge is 0.339 e. The summed E-state index contributed by atoms with van der Waals surface area (Å²) in [5, 5.41) is 0.664. The summed E-state index contributed by atoms with van der Waals surface area (Å²) in [5.74, 6) is 0.185. The summed E-state index contributed by atoms with van der Waals surface area (Å²) < 4.78 is 38.4. The second kappa shape index (κ2) is 10.6. The van der Waals surface area contributed by atoms with Crippen LogP contribution in [-0.4, -0.2) is 63.5 Å². The number of esters is 1. The van der Waals surface area contributed by atoms with E-state index >= 15 is 0 Å². The second-order valence-corrected chi connectivity index (χ2v) is 11.5. The van der Waals surface area contributed by atoms with Crippen LogP contribution in [0.1, 0.15) is 41.6 Å². The highest BCUT2D eigenvalue weighted by molar-refractivity contribution is 7.89. The van der Waals surface area contributed by atoms with E-state index in [0.717, 1.165) is 38.0 Å². The first-order valence-electron chi connectivity index (χ1n) is 11.6. The molecule has 1 saturated carbocycles. The van der Waals surface area contributed by atoms with Gasteiger partial charge in [-0.3, -0.25) is 4.90 Å². The third-order valence-corrected chi connectivity index (χ3v) is 8.93. The fraction of sp³-hybridized carbons (Fsp3) is 0.480. The summed E-state index contributed by atoms with van der Waals surface area (Å²) in [6.45, 7) is 3.39. The molecule has 184 valence electrons. The molecule has 2 aromatic rings. The van der Waals surface area contributed by atoms with Crippen molar-refractivity contribution in [1.29, 1.82) is 0 Å². The molecule has 34 heavy (non-hydrogen) atoms. The molecule has 0 atom stereocenters. The van der Waals surface area contributed by atoms with Crippen molar-refractivity contribution < 1.29 is 22.7 Å². The standard InChI is InChI=1S/C25H31ClN2O5S/c1-27(34(30,31)23-11-4-3-9-21(23)25(29)32-2)16-18-14-20(15-18)33-22-10-7-8-19(24(22)26)17-28-12-5-6-13-28/h3-4,7-11,18,20H,5-6,12-17H2,1-2H3. The number of methoxy groups -OCH3 is 1. The fourth-order valence-electron chi connectivity index (χ4n) is 4.65. The Bertz CT molecular complexity index is 1130. The number of halogens is 1. The van der Waals surface area contributed by atoms with E-state index in [-0.39, 0.29) is 22.5 Å². The Hall–Kier alpha value is -2.13. The zero-order valence-corrected chi connectivity index (χ0v) is 21.1. The normalized spacial score (nSPS) is 20.8. The van der Waals surface area contributed by atoms with Crippen molar-refractivity contribution >= 4 is 27.6 Å². The summed E-state index contributed by atoms with van der Waals surface area (Å²) >= 11 is 6.64. The molecule has 2 fully saturated rings. The van der Waals surface area contributed by atoms with Gasteiger partial charge in [0.05, 0.1) is 28.7 Å². The Morgan fingerprint density at radius 1 is 1.12 bits per heavy atom. The second-order valence-electron chi connectivity index (χ2n) is 9.06. The molecule has 0 bridgehead atoms. The highest BCUT2D eigenvalue weighted by atomic mass is 35.5. The average molecular weight is 507 g/mol. The van der Waals surface area contributed by atoms with E-state index in [9.17, 15) is 13.2 Å². The minimum Gasteiger partial charge on any atom is -0.489 e.